The van der Waals surface area contributed by atoms with Crippen LogP contribution in [-0.4, -0.2) is 23.2 Å². The van der Waals surface area contributed by atoms with E-state index in [1.807, 2.05) is 61.5 Å². The number of H-pyrrole nitrogens is 1. The first-order valence-electron chi connectivity index (χ1n) is 7.11. The van der Waals surface area contributed by atoms with E-state index < -0.39 is 0 Å². The van der Waals surface area contributed by atoms with E-state index in [4.69, 9.17) is 0 Å². The molecule has 0 aliphatic rings. The molecule has 0 atom stereocenters. The van der Waals surface area contributed by atoms with Crippen molar-refractivity contribution < 1.29 is 4.79 Å². The van der Waals surface area contributed by atoms with Crippen molar-refractivity contribution in [3.63, 3.8) is 0 Å². The Morgan fingerprint density at radius 1 is 1.05 bits per heavy atom. The summed E-state index contributed by atoms with van der Waals surface area (Å²) in [7, 11) is 1.75. The van der Waals surface area contributed by atoms with Crippen molar-refractivity contribution in [1.29, 1.82) is 0 Å². The molecule has 3 rings (SSSR count). The van der Waals surface area contributed by atoms with Crippen LogP contribution in [0.5, 0.6) is 0 Å². The number of amides is 1. The van der Waals surface area contributed by atoms with Crippen LogP contribution in [0.15, 0.2) is 60.7 Å². The molecule has 0 aliphatic carbocycles. The van der Waals surface area contributed by atoms with E-state index in [0.717, 1.165) is 16.9 Å². The summed E-state index contributed by atoms with van der Waals surface area (Å²) in [6, 6.07) is 19.4. The minimum atomic E-state index is -0.114. The molecule has 22 heavy (non-hydrogen) atoms. The Morgan fingerprint density at radius 2 is 1.73 bits per heavy atom. The fraction of sp³-hybridized carbons (Fsp3) is 0.111. The van der Waals surface area contributed by atoms with Gasteiger partial charge in [-0.1, -0.05) is 48.0 Å². The maximum absolute atomic E-state index is 12.5. The maximum Gasteiger partial charge on any atom is 0.276 e. The van der Waals surface area contributed by atoms with Crippen molar-refractivity contribution in [3.05, 3.63) is 71.9 Å². The molecule has 0 spiro atoms. The second kappa shape index (κ2) is 5.85. The summed E-state index contributed by atoms with van der Waals surface area (Å²) in [5.74, 6) is -0.114. The second-order valence-electron chi connectivity index (χ2n) is 5.23. The number of aryl methyl sites for hydroxylation is 1. The second-order valence-corrected chi connectivity index (χ2v) is 5.23. The van der Waals surface area contributed by atoms with Gasteiger partial charge >= 0.3 is 0 Å². The van der Waals surface area contributed by atoms with Crippen LogP contribution >= 0.6 is 0 Å². The lowest BCUT2D eigenvalue weighted by Gasteiger charge is -2.15. The molecule has 110 valence electrons. The summed E-state index contributed by atoms with van der Waals surface area (Å²) >= 11 is 0. The molecule has 0 radical (unpaired) electrons. The number of carbonyl (C=O) groups excluding carboxylic acids is 1. The van der Waals surface area contributed by atoms with E-state index in [2.05, 4.69) is 10.2 Å². The third-order valence-corrected chi connectivity index (χ3v) is 3.60. The first-order chi connectivity index (χ1) is 10.6. The van der Waals surface area contributed by atoms with Crippen molar-refractivity contribution >= 4 is 11.6 Å². The van der Waals surface area contributed by atoms with E-state index in [1.165, 1.54) is 5.56 Å². The number of nitrogens with one attached hydrogen (secondary N) is 1. The van der Waals surface area contributed by atoms with Crippen LogP contribution < -0.4 is 4.90 Å². The molecule has 0 unspecified atom stereocenters. The highest BCUT2D eigenvalue weighted by atomic mass is 16.2. The highest BCUT2D eigenvalue weighted by molar-refractivity contribution is 6.04. The summed E-state index contributed by atoms with van der Waals surface area (Å²) < 4.78 is 0. The van der Waals surface area contributed by atoms with Crippen molar-refractivity contribution in [1.82, 2.24) is 10.2 Å². The fourth-order valence-corrected chi connectivity index (χ4v) is 2.25. The zero-order chi connectivity index (χ0) is 15.5. The maximum atomic E-state index is 12.5. The highest BCUT2D eigenvalue weighted by Gasteiger charge is 2.16. The standard InChI is InChI=1S/C18H17N3O/c1-13-8-10-14(11-9-13)16-12-17(20-19-16)18(22)21(2)15-6-4-3-5-7-15/h3-12H,1-2H3,(H,19,20). The summed E-state index contributed by atoms with van der Waals surface area (Å²) in [5.41, 5.74) is 4.27. The minimum absolute atomic E-state index is 0.114. The van der Waals surface area contributed by atoms with Gasteiger partial charge in [0.2, 0.25) is 0 Å². The third kappa shape index (κ3) is 2.76. The number of aromatic amines is 1. The average molecular weight is 291 g/mol. The highest BCUT2D eigenvalue weighted by Crippen LogP contribution is 2.20. The Hall–Kier alpha value is -2.88. The Labute approximate surface area is 129 Å². The lowest BCUT2D eigenvalue weighted by atomic mass is 10.1. The van der Waals surface area contributed by atoms with Crippen LogP contribution in [0.3, 0.4) is 0 Å². The van der Waals surface area contributed by atoms with Gasteiger partial charge in [0.15, 0.2) is 0 Å². The van der Waals surface area contributed by atoms with E-state index in [-0.39, 0.29) is 5.91 Å². The number of carbonyl (C=O) groups is 1. The molecule has 1 aromatic heterocycles. The summed E-state index contributed by atoms with van der Waals surface area (Å²) in [6.07, 6.45) is 0. The van der Waals surface area contributed by atoms with E-state index in [0.29, 0.717) is 5.69 Å². The van der Waals surface area contributed by atoms with Gasteiger partial charge < -0.3 is 4.90 Å². The fourth-order valence-electron chi connectivity index (χ4n) is 2.25. The molecular weight excluding hydrogens is 274 g/mol. The van der Waals surface area contributed by atoms with Crippen molar-refractivity contribution in [2.24, 2.45) is 0 Å². The number of rotatable bonds is 3. The summed E-state index contributed by atoms with van der Waals surface area (Å²) in [4.78, 5) is 14.1. The summed E-state index contributed by atoms with van der Waals surface area (Å²) in [6.45, 7) is 2.04. The monoisotopic (exact) mass is 291 g/mol. The predicted molar refractivity (Wildman–Crippen MR) is 87.9 cm³/mol. The number of benzene rings is 2. The molecule has 1 N–H and O–H groups in total. The van der Waals surface area contributed by atoms with Crippen molar-refractivity contribution in [2.75, 3.05) is 11.9 Å². The lowest BCUT2D eigenvalue weighted by Crippen LogP contribution is -2.26. The largest absolute Gasteiger partial charge is 0.310 e. The van der Waals surface area contributed by atoms with Gasteiger partial charge in [-0.3, -0.25) is 9.89 Å². The zero-order valence-corrected chi connectivity index (χ0v) is 12.6. The molecule has 4 nitrogen and oxygen atoms in total. The summed E-state index contributed by atoms with van der Waals surface area (Å²) in [5, 5.41) is 7.07. The molecule has 4 heteroatoms. The van der Waals surface area contributed by atoms with Crippen LogP contribution in [-0.2, 0) is 0 Å². The van der Waals surface area contributed by atoms with Gasteiger partial charge in [0.05, 0.1) is 5.69 Å². The van der Waals surface area contributed by atoms with Gasteiger partial charge in [0.1, 0.15) is 5.69 Å². The zero-order valence-electron chi connectivity index (χ0n) is 12.6. The number of nitrogens with zero attached hydrogens (tertiary/aromatic N) is 2. The van der Waals surface area contributed by atoms with Crippen LogP contribution in [0, 0.1) is 6.92 Å². The number of para-hydroxylation sites is 1. The molecule has 0 bridgehead atoms. The Balaban J connectivity index is 1.84. The van der Waals surface area contributed by atoms with Crippen LogP contribution in [0.4, 0.5) is 5.69 Å². The van der Waals surface area contributed by atoms with Crippen LogP contribution in [0.2, 0.25) is 0 Å². The van der Waals surface area contributed by atoms with E-state index in [9.17, 15) is 4.79 Å². The average Bonchev–Trinajstić information content (AvgIpc) is 3.05. The van der Waals surface area contributed by atoms with Gasteiger partial charge in [0.25, 0.3) is 5.91 Å². The third-order valence-electron chi connectivity index (χ3n) is 3.60. The Morgan fingerprint density at radius 3 is 2.41 bits per heavy atom. The minimum Gasteiger partial charge on any atom is -0.310 e. The molecule has 2 aromatic carbocycles. The van der Waals surface area contributed by atoms with Gasteiger partial charge in [-0.15, -0.1) is 0 Å². The smallest absolute Gasteiger partial charge is 0.276 e. The van der Waals surface area contributed by atoms with Gasteiger partial charge in [-0.05, 0) is 25.1 Å². The quantitative estimate of drug-likeness (QED) is 0.800. The number of hydrogen-bond acceptors (Lipinski definition) is 2. The number of aromatic nitrogens is 2. The first kappa shape index (κ1) is 14.1. The van der Waals surface area contributed by atoms with Gasteiger partial charge in [-0.25, -0.2) is 0 Å². The Bertz CT molecular complexity index is 776. The van der Waals surface area contributed by atoms with E-state index >= 15 is 0 Å². The molecular formula is C18H17N3O. The molecule has 0 saturated carbocycles. The van der Waals surface area contributed by atoms with Crippen molar-refractivity contribution in [3.8, 4) is 11.3 Å². The van der Waals surface area contributed by atoms with Gasteiger partial charge in [0, 0.05) is 18.3 Å². The van der Waals surface area contributed by atoms with Crippen LogP contribution in [0.25, 0.3) is 11.3 Å². The predicted octanol–water partition coefficient (Wildman–Crippen LogP) is 3.66. The SMILES string of the molecule is Cc1ccc(-c2cc(C(=O)N(C)c3ccccc3)[nH]n2)cc1. The number of hydrogen-bond donors (Lipinski definition) is 1. The topological polar surface area (TPSA) is 49.0 Å². The molecule has 0 aliphatic heterocycles. The van der Waals surface area contributed by atoms with Crippen molar-refractivity contribution in [2.45, 2.75) is 6.92 Å². The number of anilines is 1. The molecule has 0 fully saturated rings. The Kier molecular flexibility index (Phi) is 3.74. The lowest BCUT2D eigenvalue weighted by molar-refractivity contribution is 0.0988. The molecule has 3 aromatic rings. The molecule has 0 saturated heterocycles. The first-order valence-corrected chi connectivity index (χ1v) is 7.11. The van der Waals surface area contributed by atoms with E-state index in [1.54, 1.807) is 18.0 Å². The molecule has 1 amide bonds. The van der Waals surface area contributed by atoms with Crippen LogP contribution in [0.1, 0.15) is 16.1 Å². The van der Waals surface area contributed by atoms with Gasteiger partial charge in [-0.2, -0.15) is 5.10 Å². The molecule has 1 heterocycles. The normalized spacial score (nSPS) is 10.5.